The number of halogens is 1. The van der Waals surface area contributed by atoms with E-state index in [9.17, 15) is 14.6 Å². The van der Waals surface area contributed by atoms with Crippen molar-refractivity contribution in [2.45, 2.75) is 0 Å². The van der Waals surface area contributed by atoms with E-state index in [0.717, 1.165) is 0 Å². The number of anilines is 1. The van der Waals surface area contributed by atoms with Crippen LogP contribution in [0.25, 0.3) is 0 Å². The van der Waals surface area contributed by atoms with Crippen LogP contribution in [0, 0.1) is 10.1 Å². The fourth-order valence-electron chi connectivity index (χ4n) is 0.713. The molecule has 0 heterocycles. The van der Waals surface area contributed by atoms with Crippen LogP contribution in [0.1, 0.15) is 0 Å². The lowest BCUT2D eigenvalue weighted by Crippen LogP contribution is -1.92. The number of nitro benzene ring substituents is 1. The van der Waals surface area contributed by atoms with Gasteiger partial charge < -0.3 is 0 Å². The lowest BCUT2D eigenvalue weighted by molar-refractivity contribution is -0.384. The molecule has 5 heteroatoms. The SMILES string of the molecule is O=[N+]([O-])c1ccccc1NF. The molecule has 0 saturated heterocycles. The van der Waals surface area contributed by atoms with E-state index in [1.807, 2.05) is 0 Å². The molecule has 1 aromatic carbocycles. The zero-order chi connectivity index (χ0) is 8.27. The number of benzene rings is 1. The number of rotatable bonds is 2. The first-order valence-corrected chi connectivity index (χ1v) is 2.86. The van der Waals surface area contributed by atoms with Crippen molar-refractivity contribution in [2.75, 3.05) is 5.54 Å². The van der Waals surface area contributed by atoms with Crippen LogP contribution in [0.3, 0.4) is 0 Å². The van der Waals surface area contributed by atoms with Crippen LogP contribution in [0.15, 0.2) is 24.3 Å². The number of nitro groups is 1. The van der Waals surface area contributed by atoms with E-state index in [4.69, 9.17) is 0 Å². The highest BCUT2D eigenvalue weighted by molar-refractivity contribution is 5.59. The van der Waals surface area contributed by atoms with Crippen LogP contribution in [0.2, 0.25) is 0 Å². The average Bonchev–Trinajstić information content (AvgIpc) is 2.04. The maximum atomic E-state index is 11.8. The minimum atomic E-state index is -0.651. The molecule has 0 radical (unpaired) electrons. The highest BCUT2D eigenvalue weighted by Crippen LogP contribution is 2.22. The molecule has 0 saturated carbocycles. The number of hydrogen-bond acceptors (Lipinski definition) is 3. The molecule has 1 aromatic rings. The topological polar surface area (TPSA) is 55.2 Å². The van der Waals surface area contributed by atoms with E-state index in [1.54, 1.807) is 0 Å². The van der Waals surface area contributed by atoms with Gasteiger partial charge in [0, 0.05) is 6.07 Å². The van der Waals surface area contributed by atoms with Gasteiger partial charge in [0.1, 0.15) is 5.69 Å². The van der Waals surface area contributed by atoms with E-state index in [0.29, 0.717) is 0 Å². The highest BCUT2D eigenvalue weighted by Gasteiger charge is 2.10. The Morgan fingerprint density at radius 2 is 2.09 bits per heavy atom. The van der Waals surface area contributed by atoms with Crippen molar-refractivity contribution in [2.24, 2.45) is 0 Å². The monoisotopic (exact) mass is 156 g/mol. The summed E-state index contributed by atoms with van der Waals surface area (Å²) in [5.41, 5.74) is 0.839. The normalized spacial score (nSPS) is 9.18. The summed E-state index contributed by atoms with van der Waals surface area (Å²) in [6.07, 6.45) is 0. The average molecular weight is 156 g/mol. The van der Waals surface area contributed by atoms with Crippen LogP contribution < -0.4 is 5.54 Å². The summed E-state index contributed by atoms with van der Waals surface area (Å²) in [5.74, 6) is 0. The second kappa shape index (κ2) is 2.96. The number of para-hydroxylation sites is 2. The predicted octanol–water partition coefficient (Wildman–Crippen LogP) is 1.89. The predicted molar refractivity (Wildman–Crippen MR) is 37.8 cm³/mol. The van der Waals surface area contributed by atoms with E-state index in [1.165, 1.54) is 29.8 Å². The molecule has 0 spiro atoms. The van der Waals surface area contributed by atoms with Gasteiger partial charge in [-0.3, -0.25) is 10.1 Å². The first kappa shape index (κ1) is 7.46. The molecule has 0 aliphatic heterocycles. The maximum Gasteiger partial charge on any atom is 0.294 e. The molecule has 4 nitrogen and oxygen atoms in total. The maximum absolute atomic E-state index is 11.8. The first-order chi connectivity index (χ1) is 5.25. The first-order valence-electron chi connectivity index (χ1n) is 2.86. The quantitative estimate of drug-likeness (QED) is 0.404. The lowest BCUT2D eigenvalue weighted by atomic mass is 10.3. The molecule has 0 amide bonds. The molecule has 1 N–H and O–H groups in total. The van der Waals surface area contributed by atoms with Crippen molar-refractivity contribution < 1.29 is 9.40 Å². The van der Waals surface area contributed by atoms with E-state index < -0.39 is 4.92 Å². The lowest BCUT2D eigenvalue weighted by Gasteiger charge is -1.95. The summed E-state index contributed by atoms with van der Waals surface area (Å²) >= 11 is 0. The molecule has 0 bridgehead atoms. The number of nitrogens with one attached hydrogen (secondary N) is 1. The molecular weight excluding hydrogens is 151 g/mol. The molecular formula is C6H5FN2O2. The third-order valence-electron chi connectivity index (χ3n) is 1.20. The van der Waals surface area contributed by atoms with Crippen LogP contribution >= 0.6 is 0 Å². The fourth-order valence-corrected chi connectivity index (χ4v) is 0.713. The Bertz CT molecular complexity index is 277. The van der Waals surface area contributed by atoms with Crippen LogP contribution in [-0.2, 0) is 0 Å². The van der Waals surface area contributed by atoms with E-state index in [-0.39, 0.29) is 11.4 Å². The summed E-state index contributed by atoms with van der Waals surface area (Å²) in [7, 11) is 0. The van der Waals surface area contributed by atoms with Crippen LogP contribution in [-0.4, -0.2) is 4.92 Å². The van der Waals surface area contributed by atoms with Gasteiger partial charge in [-0.25, -0.2) is 5.54 Å². The number of nitrogens with zero attached hydrogens (tertiary/aromatic N) is 1. The molecule has 0 unspecified atom stereocenters. The summed E-state index contributed by atoms with van der Waals surface area (Å²) in [4.78, 5) is 9.53. The minimum Gasteiger partial charge on any atom is -0.258 e. The summed E-state index contributed by atoms with van der Waals surface area (Å²) in [6, 6.07) is 5.49. The highest BCUT2D eigenvalue weighted by atomic mass is 19.2. The van der Waals surface area contributed by atoms with Gasteiger partial charge >= 0.3 is 0 Å². The van der Waals surface area contributed by atoms with Gasteiger partial charge in [0.2, 0.25) is 0 Å². The van der Waals surface area contributed by atoms with E-state index >= 15 is 0 Å². The number of hydrogen-bond donors (Lipinski definition) is 1. The van der Waals surface area contributed by atoms with Crippen molar-refractivity contribution in [1.29, 1.82) is 0 Å². The van der Waals surface area contributed by atoms with Crippen molar-refractivity contribution >= 4 is 11.4 Å². The third kappa shape index (κ3) is 1.43. The zero-order valence-corrected chi connectivity index (χ0v) is 5.45. The van der Waals surface area contributed by atoms with Crippen LogP contribution in [0.5, 0.6) is 0 Å². The van der Waals surface area contributed by atoms with Gasteiger partial charge in [-0.2, -0.15) is 0 Å². The second-order valence-electron chi connectivity index (χ2n) is 1.87. The van der Waals surface area contributed by atoms with Gasteiger partial charge in [0.05, 0.1) is 4.92 Å². The standard InChI is InChI=1S/C6H5FN2O2/c7-8-5-3-1-2-4-6(5)9(10)11/h1-4,8H. The van der Waals surface area contributed by atoms with Crippen molar-refractivity contribution in [3.8, 4) is 0 Å². The second-order valence-corrected chi connectivity index (χ2v) is 1.87. The van der Waals surface area contributed by atoms with Gasteiger partial charge in [-0.05, 0) is 6.07 Å². The molecule has 0 aliphatic carbocycles. The molecule has 58 valence electrons. The van der Waals surface area contributed by atoms with Crippen molar-refractivity contribution in [3.63, 3.8) is 0 Å². The van der Waals surface area contributed by atoms with Gasteiger partial charge in [0.15, 0.2) is 0 Å². The Kier molecular flexibility index (Phi) is 2.00. The van der Waals surface area contributed by atoms with Gasteiger partial charge in [-0.1, -0.05) is 12.1 Å². The molecule has 1 rings (SSSR count). The Morgan fingerprint density at radius 1 is 1.45 bits per heavy atom. The molecule has 0 atom stereocenters. The third-order valence-corrected chi connectivity index (χ3v) is 1.20. The van der Waals surface area contributed by atoms with Crippen molar-refractivity contribution in [1.82, 2.24) is 0 Å². The summed E-state index contributed by atoms with van der Waals surface area (Å²) < 4.78 is 11.8. The Morgan fingerprint density at radius 3 is 2.55 bits per heavy atom. The smallest absolute Gasteiger partial charge is 0.258 e. The zero-order valence-electron chi connectivity index (χ0n) is 5.45. The molecule has 0 fully saturated rings. The van der Waals surface area contributed by atoms with Gasteiger partial charge in [0.25, 0.3) is 5.69 Å². The van der Waals surface area contributed by atoms with Gasteiger partial charge in [-0.15, -0.1) is 4.48 Å². The van der Waals surface area contributed by atoms with Crippen LogP contribution in [0.4, 0.5) is 15.9 Å². The minimum absolute atomic E-state index is 0.127. The molecule has 0 aromatic heterocycles. The molecule has 11 heavy (non-hydrogen) atoms. The fraction of sp³-hybridized carbons (Fsp3) is 0. The largest absolute Gasteiger partial charge is 0.294 e. The summed E-state index contributed by atoms with van der Waals surface area (Å²) in [6.45, 7) is 0. The molecule has 0 aliphatic rings. The summed E-state index contributed by atoms with van der Waals surface area (Å²) in [5, 5.41) is 10.2. The van der Waals surface area contributed by atoms with Crippen molar-refractivity contribution in [3.05, 3.63) is 34.4 Å². The Hall–Kier alpha value is -1.65. The Labute approximate surface area is 61.7 Å². The van der Waals surface area contributed by atoms with E-state index in [2.05, 4.69) is 0 Å². The Balaban J connectivity index is 3.12.